The molecule has 2 aromatic heterocycles. The summed E-state index contributed by atoms with van der Waals surface area (Å²) in [5, 5.41) is 0.207. The molecule has 1 atom stereocenters. The standard InChI is InChI=1S/C18H16F5N3O2S/c1-10-7-24-14(11(2)15(10)28-9-17(19,20)18(21,22)23)8-29(27)16-25-12-5-3-4-6-13(12)26-16/h3-7H,8-9H2,1-2H3,(H,25,26). The Hall–Kier alpha value is -2.40. The van der Waals surface area contributed by atoms with Gasteiger partial charge in [0.25, 0.3) is 0 Å². The van der Waals surface area contributed by atoms with Crippen LogP contribution in [0.25, 0.3) is 11.0 Å². The molecular formula is C18H16F5N3O2S. The van der Waals surface area contributed by atoms with Gasteiger partial charge in [-0.25, -0.2) is 0 Å². The van der Waals surface area contributed by atoms with Gasteiger partial charge >= 0.3 is 17.3 Å². The van der Waals surface area contributed by atoms with Crippen molar-refractivity contribution in [2.75, 3.05) is 6.61 Å². The van der Waals surface area contributed by atoms with Crippen LogP contribution in [0.15, 0.2) is 35.6 Å². The number of ether oxygens (including phenoxy) is 1. The van der Waals surface area contributed by atoms with Crippen LogP contribution in [0.5, 0.6) is 5.75 Å². The van der Waals surface area contributed by atoms with Crippen molar-refractivity contribution < 1.29 is 31.2 Å². The number of H-pyrrole nitrogens is 1. The first-order chi connectivity index (χ1) is 13.5. The first kappa shape index (κ1) is 21.3. The number of imidazole rings is 1. The predicted molar refractivity (Wildman–Crippen MR) is 96.4 cm³/mol. The average molecular weight is 433 g/mol. The van der Waals surface area contributed by atoms with Crippen molar-refractivity contribution in [3.05, 3.63) is 47.3 Å². The summed E-state index contributed by atoms with van der Waals surface area (Å²) in [5.41, 5.74) is 2.11. The van der Waals surface area contributed by atoms with Gasteiger partial charge in [-0.15, -0.1) is 0 Å². The summed E-state index contributed by atoms with van der Waals surface area (Å²) in [6.07, 6.45) is -4.44. The van der Waals surface area contributed by atoms with E-state index in [2.05, 4.69) is 15.0 Å². The van der Waals surface area contributed by atoms with E-state index in [0.29, 0.717) is 16.6 Å². The van der Waals surface area contributed by atoms with Crippen molar-refractivity contribution in [1.82, 2.24) is 15.0 Å². The molecule has 29 heavy (non-hydrogen) atoms. The van der Waals surface area contributed by atoms with E-state index >= 15 is 0 Å². The Morgan fingerprint density at radius 3 is 2.48 bits per heavy atom. The van der Waals surface area contributed by atoms with E-state index < -0.39 is 29.9 Å². The summed E-state index contributed by atoms with van der Waals surface area (Å²) in [7, 11) is 0. The third-order valence-electron chi connectivity index (χ3n) is 4.21. The molecule has 0 aliphatic heterocycles. The highest BCUT2D eigenvalue weighted by Gasteiger charge is 2.58. The summed E-state index contributed by atoms with van der Waals surface area (Å²) in [6.45, 7) is 1.08. The Bertz CT molecular complexity index is 989. The van der Waals surface area contributed by atoms with Gasteiger partial charge in [-0.05, 0) is 26.0 Å². The zero-order valence-corrected chi connectivity index (χ0v) is 16.1. The summed E-state index contributed by atoms with van der Waals surface area (Å²) in [5.74, 6) is -5.25. The molecule has 156 valence electrons. The molecular weight excluding hydrogens is 417 g/mol. The number of halogens is 5. The number of benzene rings is 1. The van der Waals surface area contributed by atoms with Crippen LogP contribution >= 0.6 is 0 Å². The molecule has 2 heterocycles. The molecule has 1 unspecified atom stereocenters. The van der Waals surface area contributed by atoms with Crippen LogP contribution in [-0.4, -0.2) is 38.2 Å². The number of fused-ring (bicyclic) bond motifs is 1. The van der Waals surface area contributed by atoms with E-state index in [4.69, 9.17) is 4.74 Å². The minimum Gasteiger partial charge on any atom is -0.609 e. The van der Waals surface area contributed by atoms with Crippen LogP contribution in [0, 0.1) is 13.8 Å². The maximum atomic E-state index is 13.2. The zero-order valence-electron chi connectivity index (χ0n) is 15.3. The highest BCUT2D eigenvalue weighted by Crippen LogP contribution is 2.37. The number of aryl methyl sites for hydroxylation is 1. The van der Waals surface area contributed by atoms with E-state index in [0.717, 1.165) is 0 Å². The monoisotopic (exact) mass is 433 g/mol. The number of pyridine rings is 1. The normalized spacial score (nSPS) is 13.7. The highest BCUT2D eigenvalue weighted by molar-refractivity contribution is 7.90. The van der Waals surface area contributed by atoms with Crippen LogP contribution in [0.2, 0.25) is 0 Å². The highest BCUT2D eigenvalue weighted by atomic mass is 32.2. The lowest BCUT2D eigenvalue weighted by Gasteiger charge is -2.21. The van der Waals surface area contributed by atoms with E-state index in [1.165, 1.54) is 20.0 Å². The second-order valence-electron chi connectivity index (χ2n) is 6.38. The number of hydrogen-bond acceptors (Lipinski definition) is 4. The van der Waals surface area contributed by atoms with Gasteiger partial charge in [-0.3, -0.25) is 9.97 Å². The fourth-order valence-electron chi connectivity index (χ4n) is 2.60. The number of nitrogens with zero attached hydrogens (tertiary/aromatic N) is 2. The van der Waals surface area contributed by atoms with Crippen LogP contribution < -0.4 is 4.74 Å². The molecule has 0 fully saturated rings. The van der Waals surface area contributed by atoms with Gasteiger partial charge in [0, 0.05) is 28.5 Å². The van der Waals surface area contributed by atoms with Crippen LogP contribution in [0.1, 0.15) is 16.8 Å². The molecule has 1 N–H and O–H groups in total. The van der Waals surface area contributed by atoms with E-state index in [-0.39, 0.29) is 27.9 Å². The third kappa shape index (κ3) is 4.45. The number of aromatic amines is 1. The molecule has 1 aromatic carbocycles. The van der Waals surface area contributed by atoms with Crippen molar-refractivity contribution in [2.45, 2.75) is 36.9 Å². The number of hydrogen-bond donors (Lipinski definition) is 1. The van der Waals surface area contributed by atoms with E-state index in [9.17, 15) is 26.5 Å². The molecule has 0 spiro atoms. The Kier molecular flexibility index (Phi) is 5.72. The number of alkyl halides is 5. The SMILES string of the molecule is Cc1cnc(C[S+]([O-])c2nc3ccccc3[nH]2)c(C)c1OCC(F)(F)C(F)(F)F. The second-order valence-corrected chi connectivity index (χ2v) is 7.75. The van der Waals surface area contributed by atoms with Gasteiger partial charge in [-0.1, -0.05) is 12.1 Å². The van der Waals surface area contributed by atoms with Crippen LogP contribution in [0.3, 0.4) is 0 Å². The fraction of sp³-hybridized carbons (Fsp3) is 0.333. The lowest BCUT2D eigenvalue weighted by atomic mass is 10.1. The minimum absolute atomic E-state index is 0.113. The molecule has 0 bridgehead atoms. The lowest BCUT2D eigenvalue weighted by molar-refractivity contribution is -0.290. The van der Waals surface area contributed by atoms with E-state index in [1.807, 2.05) is 0 Å². The molecule has 0 aliphatic carbocycles. The van der Waals surface area contributed by atoms with Crippen molar-refractivity contribution in [3.8, 4) is 5.75 Å². The van der Waals surface area contributed by atoms with E-state index in [1.54, 1.807) is 24.3 Å². The first-order valence-electron chi connectivity index (χ1n) is 8.35. The molecule has 3 rings (SSSR count). The Morgan fingerprint density at radius 1 is 1.14 bits per heavy atom. The van der Waals surface area contributed by atoms with Gasteiger partial charge in [0.15, 0.2) is 12.4 Å². The van der Waals surface area contributed by atoms with Crippen LogP contribution in [0.4, 0.5) is 22.0 Å². The van der Waals surface area contributed by atoms with Crippen molar-refractivity contribution >= 4 is 22.2 Å². The number of aromatic nitrogens is 3. The first-order valence-corrected chi connectivity index (χ1v) is 9.67. The smallest absolute Gasteiger partial charge is 0.456 e. The van der Waals surface area contributed by atoms with Gasteiger partial charge < -0.3 is 9.29 Å². The van der Waals surface area contributed by atoms with Crippen molar-refractivity contribution in [2.24, 2.45) is 0 Å². The zero-order chi connectivity index (χ0) is 21.4. The summed E-state index contributed by atoms with van der Waals surface area (Å²) < 4.78 is 80.9. The number of rotatable bonds is 6. The average Bonchev–Trinajstić information content (AvgIpc) is 3.07. The van der Waals surface area contributed by atoms with Crippen molar-refractivity contribution in [1.29, 1.82) is 0 Å². The summed E-state index contributed by atoms with van der Waals surface area (Å²) in [4.78, 5) is 11.3. The number of para-hydroxylation sites is 2. The summed E-state index contributed by atoms with van der Waals surface area (Å²) >= 11 is -1.64. The molecule has 0 saturated carbocycles. The van der Waals surface area contributed by atoms with Gasteiger partial charge in [0.2, 0.25) is 0 Å². The maximum Gasteiger partial charge on any atom is 0.456 e. The van der Waals surface area contributed by atoms with Crippen molar-refractivity contribution in [3.63, 3.8) is 0 Å². The Labute approximate surface area is 165 Å². The molecule has 0 aliphatic rings. The molecule has 0 saturated heterocycles. The maximum absolute atomic E-state index is 13.2. The fourth-order valence-corrected chi connectivity index (χ4v) is 3.70. The molecule has 3 aromatic rings. The Balaban J connectivity index is 1.80. The molecule has 5 nitrogen and oxygen atoms in total. The predicted octanol–water partition coefficient (Wildman–Crippen LogP) is 4.46. The third-order valence-corrected chi connectivity index (χ3v) is 5.37. The van der Waals surface area contributed by atoms with Gasteiger partial charge in [0.05, 0.1) is 16.7 Å². The second kappa shape index (κ2) is 7.79. The minimum atomic E-state index is -5.71. The number of nitrogens with one attached hydrogen (secondary N) is 1. The van der Waals surface area contributed by atoms with Crippen LogP contribution in [-0.2, 0) is 16.9 Å². The largest absolute Gasteiger partial charge is 0.609 e. The lowest BCUT2D eigenvalue weighted by Crippen LogP contribution is -2.42. The summed E-state index contributed by atoms with van der Waals surface area (Å²) in [6, 6.07) is 7.08. The quantitative estimate of drug-likeness (QED) is 0.460. The molecule has 0 radical (unpaired) electrons. The Morgan fingerprint density at radius 2 is 1.83 bits per heavy atom. The molecule has 11 heteroatoms. The topological polar surface area (TPSA) is 73.9 Å². The molecule has 0 amide bonds. The van der Waals surface area contributed by atoms with Gasteiger partial charge in [0.1, 0.15) is 5.75 Å². The van der Waals surface area contributed by atoms with Gasteiger partial charge in [-0.2, -0.15) is 26.9 Å².